The molecule has 0 saturated heterocycles. The molecular formula is C12H14N2O2. The summed E-state index contributed by atoms with van der Waals surface area (Å²) < 4.78 is 0. The van der Waals surface area contributed by atoms with Gasteiger partial charge in [-0.2, -0.15) is 0 Å². The summed E-state index contributed by atoms with van der Waals surface area (Å²) in [5.41, 5.74) is 6.73. The van der Waals surface area contributed by atoms with Crippen molar-refractivity contribution < 1.29 is 10.2 Å². The highest BCUT2D eigenvalue weighted by Gasteiger charge is 2.17. The Bertz CT molecular complexity index is 487. The van der Waals surface area contributed by atoms with Crippen molar-refractivity contribution in [3.63, 3.8) is 0 Å². The first-order valence-corrected chi connectivity index (χ1v) is 5.13. The zero-order chi connectivity index (χ0) is 11.5. The number of nitrogens with zero attached hydrogens (tertiary/aromatic N) is 1. The lowest BCUT2D eigenvalue weighted by molar-refractivity contribution is 0.0242. The zero-order valence-electron chi connectivity index (χ0n) is 8.74. The second-order valence-corrected chi connectivity index (χ2v) is 3.71. The number of para-hydroxylation sites is 1. The highest BCUT2D eigenvalue weighted by molar-refractivity contribution is 5.78. The van der Waals surface area contributed by atoms with Gasteiger partial charge in [0.2, 0.25) is 0 Å². The van der Waals surface area contributed by atoms with Crippen molar-refractivity contribution in [2.45, 2.75) is 12.2 Å². The first-order chi connectivity index (χ1) is 7.72. The van der Waals surface area contributed by atoms with Crippen LogP contribution in [0.3, 0.4) is 0 Å². The maximum Gasteiger partial charge on any atom is 0.108 e. The molecular weight excluding hydrogens is 204 g/mol. The average Bonchev–Trinajstić information content (AvgIpc) is 2.36. The van der Waals surface area contributed by atoms with Gasteiger partial charge in [0, 0.05) is 23.7 Å². The number of benzene rings is 1. The Balaban J connectivity index is 2.39. The lowest BCUT2D eigenvalue weighted by atomic mass is 10.0. The lowest BCUT2D eigenvalue weighted by Gasteiger charge is -2.16. The summed E-state index contributed by atoms with van der Waals surface area (Å²) >= 11 is 0. The van der Waals surface area contributed by atoms with Crippen LogP contribution in [-0.4, -0.2) is 27.8 Å². The Kier molecular flexibility index (Phi) is 3.14. The number of pyridine rings is 1. The fourth-order valence-electron chi connectivity index (χ4n) is 1.60. The predicted molar refractivity (Wildman–Crippen MR) is 61.8 cm³/mol. The van der Waals surface area contributed by atoms with E-state index in [1.165, 1.54) is 0 Å². The number of nitrogens with two attached hydrogens (primary N) is 1. The summed E-state index contributed by atoms with van der Waals surface area (Å²) in [4.78, 5) is 4.21. The van der Waals surface area contributed by atoms with Crippen LogP contribution in [0.4, 0.5) is 0 Å². The first-order valence-electron chi connectivity index (χ1n) is 5.13. The summed E-state index contributed by atoms with van der Waals surface area (Å²) in [5, 5.41) is 20.2. The van der Waals surface area contributed by atoms with E-state index in [2.05, 4.69) is 4.98 Å². The molecule has 4 N–H and O–H groups in total. The van der Waals surface area contributed by atoms with Crippen LogP contribution in [0.5, 0.6) is 0 Å². The van der Waals surface area contributed by atoms with Crippen molar-refractivity contribution >= 4 is 10.9 Å². The highest BCUT2D eigenvalue weighted by Crippen LogP contribution is 2.20. The molecule has 2 unspecified atom stereocenters. The maximum absolute atomic E-state index is 9.78. The number of fused-ring (bicyclic) bond motifs is 1. The Labute approximate surface area is 93.4 Å². The van der Waals surface area contributed by atoms with Gasteiger partial charge in [-0.3, -0.25) is 4.98 Å². The van der Waals surface area contributed by atoms with Crippen molar-refractivity contribution in [1.29, 1.82) is 0 Å². The molecule has 2 rings (SSSR count). The van der Waals surface area contributed by atoms with E-state index in [0.717, 1.165) is 10.9 Å². The van der Waals surface area contributed by atoms with Gasteiger partial charge in [0.25, 0.3) is 0 Å². The third kappa shape index (κ3) is 2.04. The van der Waals surface area contributed by atoms with Gasteiger partial charge >= 0.3 is 0 Å². The van der Waals surface area contributed by atoms with Gasteiger partial charge in [0.05, 0.1) is 11.6 Å². The van der Waals surface area contributed by atoms with Crippen molar-refractivity contribution in [3.8, 4) is 0 Å². The quantitative estimate of drug-likeness (QED) is 0.704. The number of hydrogen-bond acceptors (Lipinski definition) is 4. The molecule has 2 atom stereocenters. The van der Waals surface area contributed by atoms with Crippen LogP contribution in [0, 0.1) is 0 Å². The molecule has 2 aromatic rings. The summed E-state index contributed by atoms with van der Waals surface area (Å²) in [6.07, 6.45) is -0.378. The zero-order valence-corrected chi connectivity index (χ0v) is 8.74. The molecule has 0 amide bonds. The second kappa shape index (κ2) is 4.57. The second-order valence-electron chi connectivity index (χ2n) is 3.71. The fraction of sp³-hybridized carbons (Fsp3) is 0.250. The molecule has 1 aromatic heterocycles. The maximum atomic E-state index is 9.78. The van der Waals surface area contributed by atoms with Gasteiger partial charge in [-0.25, -0.2) is 0 Å². The van der Waals surface area contributed by atoms with Crippen LogP contribution in [0.25, 0.3) is 10.9 Å². The van der Waals surface area contributed by atoms with Gasteiger partial charge in [-0.1, -0.05) is 18.2 Å². The summed E-state index contributed by atoms with van der Waals surface area (Å²) in [6.45, 7) is 0.0218. The van der Waals surface area contributed by atoms with E-state index in [1.807, 2.05) is 30.3 Å². The molecule has 84 valence electrons. The molecule has 0 aliphatic carbocycles. The molecule has 0 spiro atoms. The van der Waals surface area contributed by atoms with Crippen molar-refractivity contribution in [1.82, 2.24) is 4.98 Å². The molecule has 0 bridgehead atoms. The molecule has 0 aliphatic rings. The van der Waals surface area contributed by atoms with Gasteiger partial charge in [0.15, 0.2) is 0 Å². The van der Waals surface area contributed by atoms with Crippen molar-refractivity contribution in [3.05, 3.63) is 42.1 Å². The van der Waals surface area contributed by atoms with Crippen molar-refractivity contribution in [2.75, 3.05) is 6.54 Å². The molecule has 0 fully saturated rings. The Hall–Kier alpha value is -1.49. The number of hydrogen-bond donors (Lipinski definition) is 3. The molecule has 1 aromatic carbocycles. The van der Waals surface area contributed by atoms with Gasteiger partial charge in [-0.15, -0.1) is 0 Å². The molecule has 4 nitrogen and oxygen atoms in total. The minimum atomic E-state index is -0.984. The summed E-state index contributed by atoms with van der Waals surface area (Å²) in [6, 6.07) is 9.42. The van der Waals surface area contributed by atoms with Crippen molar-refractivity contribution in [2.24, 2.45) is 5.73 Å². The Morgan fingerprint density at radius 3 is 2.75 bits per heavy atom. The van der Waals surface area contributed by atoms with E-state index in [9.17, 15) is 10.2 Å². The summed E-state index contributed by atoms with van der Waals surface area (Å²) in [7, 11) is 0. The van der Waals surface area contributed by atoms with E-state index < -0.39 is 12.2 Å². The topological polar surface area (TPSA) is 79.4 Å². The number of aliphatic hydroxyl groups is 2. The van der Waals surface area contributed by atoms with E-state index in [-0.39, 0.29) is 6.54 Å². The van der Waals surface area contributed by atoms with Gasteiger partial charge < -0.3 is 15.9 Å². The largest absolute Gasteiger partial charge is 0.389 e. The Morgan fingerprint density at radius 1 is 1.25 bits per heavy atom. The van der Waals surface area contributed by atoms with Crippen LogP contribution >= 0.6 is 0 Å². The fourth-order valence-corrected chi connectivity index (χ4v) is 1.60. The SMILES string of the molecule is NCC(O)C(O)c1cnc2ccccc2c1. The molecule has 0 radical (unpaired) electrons. The van der Waals surface area contributed by atoms with Crippen LogP contribution in [0.15, 0.2) is 36.5 Å². The smallest absolute Gasteiger partial charge is 0.108 e. The van der Waals surface area contributed by atoms with Crippen LogP contribution in [0.2, 0.25) is 0 Å². The standard InChI is InChI=1S/C12H14N2O2/c13-6-11(15)12(16)9-5-8-3-1-2-4-10(8)14-7-9/h1-5,7,11-12,15-16H,6,13H2. The number of rotatable bonds is 3. The van der Waals surface area contributed by atoms with Gasteiger partial charge in [0.1, 0.15) is 6.10 Å². The van der Waals surface area contributed by atoms with E-state index in [1.54, 1.807) is 6.20 Å². The van der Waals surface area contributed by atoms with Crippen LogP contribution < -0.4 is 5.73 Å². The van der Waals surface area contributed by atoms with Gasteiger partial charge in [-0.05, 0) is 12.1 Å². The normalized spacial score (nSPS) is 14.9. The van der Waals surface area contributed by atoms with Crippen LogP contribution in [0.1, 0.15) is 11.7 Å². The van der Waals surface area contributed by atoms with Crippen LogP contribution in [-0.2, 0) is 0 Å². The number of aliphatic hydroxyl groups excluding tert-OH is 2. The average molecular weight is 218 g/mol. The third-order valence-electron chi connectivity index (χ3n) is 2.56. The highest BCUT2D eigenvalue weighted by atomic mass is 16.3. The first kappa shape index (κ1) is 11.0. The molecule has 4 heteroatoms. The lowest BCUT2D eigenvalue weighted by Crippen LogP contribution is -2.27. The monoisotopic (exact) mass is 218 g/mol. The van der Waals surface area contributed by atoms with E-state index in [0.29, 0.717) is 5.56 Å². The molecule has 16 heavy (non-hydrogen) atoms. The van der Waals surface area contributed by atoms with E-state index >= 15 is 0 Å². The van der Waals surface area contributed by atoms with E-state index in [4.69, 9.17) is 5.73 Å². The number of aromatic nitrogens is 1. The molecule has 0 aliphatic heterocycles. The summed E-state index contributed by atoms with van der Waals surface area (Å²) in [5.74, 6) is 0. The molecule has 0 saturated carbocycles. The minimum absolute atomic E-state index is 0.0218. The predicted octanol–water partition coefficient (Wildman–Crippen LogP) is 0.588. The Morgan fingerprint density at radius 2 is 2.00 bits per heavy atom. The third-order valence-corrected chi connectivity index (χ3v) is 2.56. The minimum Gasteiger partial charge on any atom is -0.389 e. The molecule has 1 heterocycles.